The molecule has 1 aromatic rings. The van der Waals surface area contributed by atoms with Gasteiger partial charge in [-0.05, 0) is 34.5 Å². The van der Waals surface area contributed by atoms with Gasteiger partial charge in [-0.1, -0.05) is 6.07 Å². The van der Waals surface area contributed by atoms with Gasteiger partial charge in [0, 0.05) is 12.1 Å². The summed E-state index contributed by atoms with van der Waals surface area (Å²) in [6.07, 6.45) is 0.765. The van der Waals surface area contributed by atoms with Crippen molar-refractivity contribution >= 4 is 21.8 Å². The molecule has 80 valence electrons. The average molecular weight is 273 g/mol. The molecule has 15 heavy (non-hydrogen) atoms. The number of nitrogens with two attached hydrogens (primary N) is 1. The molecule has 0 aliphatic heterocycles. The zero-order valence-corrected chi connectivity index (χ0v) is 9.42. The second kappa shape index (κ2) is 3.90. The lowest BCUT2D eigenvalue weighted by Crippen LogP contribution is -2.30. The highest BCUT2D eigenvalue weighted by molar-refractivity contribution is 9.10. The van der Waals surface area contributed by atoms with E-state index in [4.69, 9.17) is 5.73 Å². The quantitative estimate of drug-likeness (QED) is 0.856. The summed E-state index contributed by atoms with van der Waals surface area (Å²) in [4.78, 5) is 11.6. The number of rotatable bonds is 2. The molecule has 1 amide bonds. The molecule has 0 bridgehead atoms. The summed E-state index contributed by atoms with van der Waals surface area (Å²) >= 11 is 3.03. The Labute approximate surface area is 95.0 Å². The van der Waals surface area contributed by atoms with Crippen LogP contribution in [0.2, 0.25) is 0 Å². The molecule has 0 heterocycles. The molecule has 0 aromatic heterocycles. The van der Waals surface area contributed by atoms with Crippen LogP contribution in [0.5, 0.6) is 0 Å². The highest BCUT2D eigenvalue weighted by Gasteiger charge is 2.35. The Kier molecular flexibility index (Phi) is 2.75. The van der Waals surface area contributed by atoms with E-state index in [1.807, 2.05) is 0 Å². The molecule has 2 unspecified atom stereocenters. The molecule has 1 aliphatic rings. The second-order valence-electron chi connectivity index (χ2n) is 3.58. The summed E-state index contributed by atoms with van der Waals surface area (Å²) in [5, 5.41) is 2.66. The average Bonchev–Trinajstić information content (AvgIpc) is 2.86. The van der Waals surface area contributed by atoms with Gasteiger partial charge in [0.15, 0.2) is 0 Å². The van der Waals surface area contributed by atoms with Crippen LogP contribution < -0.4 is 11.1 Å². The first kappa shape index (κ1) is 10.6. The van der Waals surface area contributed by atoms with Crippen molar-refractivity contribution in [2.24, 2.45) is 5.73 Å². The molecule has 3 nitrogen and oxygen atoms in total. The Bertz CT molecular complexity index is 410. The van der Waals surface area contributed by atoms with Crippen LogP contribution in [0.15, 0.2) is 22.7 Å². The van der Waals surface area contributed by atoms with E-state index in [-0.39, 0.29) is 22.1 Å². The molecule has 2 atom stereocenters. The topological polar surface area (TPSA) is 55.1 Å². The molecule has 0 spiro atoms. The van der Waals surface area contributed by atoms with E-state index in [1.165, 1.54) is 6.07 Å². The van der Waals surface area contributed by atoms with Crippen molar-refractivity contribution in [3.8, 4) is 0 Å². The normalized spacial score (nSPS) is 23.7. The van der Waals surface area contributed by atoms with Crippen molar-refractivity contribution in [2.45, 2.75) is 18.5 Å². The van der Waals surface area contributed by atoms with Gasteiger partial charge in [-0.2, -0.15) is 0 Å². The van der Waals surface area contributed by atoms with Gasteiger partial charge in [0.05, 0.1) is 10.0 Å². The summed E-state index contributed by atoms with van der Waals surface area (Å²) in [6, 6.07) is 4.63. The molecule has 3 N–H and O–H groups in total. The van der Waals surface area contributed by atoms with Crippen LogP contribution in [0.4, 0.5) is 4.39 Å². The van der Waals surface area contributed by atoms with E-state index in [9.17, 15) is 9.18 Å². The fourth-order valence-electron chi connectivity index (χ4n) is 1.31. The summed E-state index contributed by atoms with van der Waals surface area (Å²) in [6.45, 7) is 0. The van der Waals surface area contributed by atoms with E-state index in [2.05, 4.69) is 21.2 Å². The highest BCUT2D eigenvalue weighted by atomic mass is 79.9. The number of amides is 1. The molecule has 2 rings (SSSR count). The lowest BCUT2D eigenvalue weighted by atomic mass is 10.2. The lowest BCUT2D eigenvalue weighted by molar-refractivity contribution is 0.0946. The van der Waals surface area contributed by atoms with Crippen molar-refractivity contribution in [3.63, 3.8) is 0 Å². The van der Waals surface area contributed by atoms with Crippen LogP contribution in [0.25, 0.3) is 0 Å². The fourth-order valence-corrected chi connectivity index (χ4v) is 1.67. The predicted molar refractivity (Wildman–Crippen MR) is 57.9 cm³/mol. The van der Waals surface area contributed by atoms with Crippen LogP contribution in [0.3, 0.4) is 0 Å². The Hall–Kier alpha value is -0.940. The summed E-state index contributed by atoms with van der Waals surface area (Å²) in [5.41, 5.74) is 5.59. The van der Waals surface area contributed by atoms with Crippen molar-refractivity contribution in [1.29, 1.82) is 0 Å². The standard InChI is InChI=1S/C10H10BrFN2O/c11-6-3-1-2-5(9(6)12)10(15)14-8-4-7(8)13/h1-3,7-8H,4,13H2,(H,14,15). The molecule has 1 aromatic carbocycles. The largest absolute Gasteiger partial charge is 0.348 e. The third-order valence-electron chi connectivity index (χ3n) is 2.35. The van der Waals surface area contributed by atoms with Gasteiger partial charge < -0.3 is 11.1 Å². The van der Waals surface area contributed by atoms with Gasteiger partial charge in [-0.3, -0.25) is 4.79 Å². The maximum absolute atomic E-state index is 13.5. The van der Waals surface area contributed by atoms with Crippen LogP contribution in [0.1, 0.15) is 16.8 Å². The van der Waals surface area contributed by atoms with Gasteiger partial charge in [-0.15, -0.1) is 0 Å². The predicted octanol–water partition coefficient (Wildman–Crippen LogP) is 1.42. The van der Waals surface area contributed by atoms with Crippen molar-refractivity contribution in [3.05, 3.63) is 34.1 Å². The molecule has 5 heteroatoms. The number of halogens is 2. The number of hydrogen-bond acceptors (Lipinski definition) is 2. The highest BCUT2D eigenvalue weighted by Crippen LogP contribution is 2.21. The molecular formula is C10H10BrFN2O. The second-order valence-corrected chi connectivity index (χ2v) is 4.44. The Morgan fingerprint density at radius 2 is 2.27 bits per heavy atom. The fraction of sp³-hybridized carbons (Fsp3) is 0.300. The van der Waals surface area contributed by atoms with E-state index >= 15 is 0 Å². The molecular weight excluding hydrogens is 263 g/mol. The molecule has 0 radical (unpaired) electrons. The zero-order chi connectivity index (χ0) is 11.0. The van der Waals surface area contributed by atoms with Gasteiger partial charge in [0.2, 0.25) is 0 Å². The minimum atomic E-state index is -0.538. The smallest absolute Gasteiger partial charge is 0.254 e. The van der Waals surface area contributed by atoms with Crippen LogP contribution in [-0.4, -0.2) is 18.0 Å². The maximum Gasteiger partial charge on any atom is 0.254 e. The van der Waals surface area contributed by atoms with Crippen molar-refractivity contribution in [2.75, 3.05) is 0 Å². The van der Waals surface area contributed by atoms with Crippen molar-refractivity contribution in [1.82, 2.24) is 5.32 Å². The Balaban J connectivity index is 2.14. The maximum atomic E-state index is 13.5. The lowest BCUT2D eigenvalue weighted by Gasteiger charge is -2.05. The zero-order valence-electron chi connectivity index (χ0n) is 7.84. The van der Waals surface area contributed by atoms with Crippen molar-refractivity contribution < 1.29 is 9.18 Å². The van der Waals surface area contributed by atoms with E-state index in [0.717, 1.165) is 6.42 Å². The monoisotopic (exact) mass is 272 g/mol. The number of carbonyl (C=O) groups is 1. The van der Waals surface area contributed by atoms with E-state index in [1.54, 1.807) is 12.1 Å². The van der Waals surface area contributed by atoms with Crippen LogP contribution >= 0.6 is 15.9 Å². The minimum absolute atomic E-state index is 0.00381. The van der Waals surface area contributed by atoms with Gasteiger partial charge >= 0.3 is 0 Å². The van der Waals surface area contributed by atoms with E-state index < -0.39 is 11.7 Å². The Morgan fingerprint density at radius 1 is 1.60 bits per heavy atom. The SMILES string of the molecule is NC1CC1NC(=O)c1cccc(Br)c1F. The third-order valence-corrected chi connectivity index (χ3v) is 2.96. The first-order valence-corrected chi connectivity index (χ1v) is 5.39. The minimum Gasteiger partial charge on any atom is -0.348 e. The molecule has 1 saturated carbocycles. The number of nitrogens with one attached hydrogen (secondary N) is 1. The summed E-state index contributed by atoms with van der Waals surface area (Å²) < 4.78 is 13.8. The number of benzene rings is 1. The number of carbonyl (C=O) groups excluding carboxylic acids is 1. The molecule has 0 saturated heterocycles. The first-order chi connectivity index (χ1) is 7.09. The first-order valence-electron chi connectivity index (χ1n) is 4.60. The van der Waals surface area contributed by atoms with Gasteiger partial charge in [0.25, 0.3) is 5.91 Å². The van der Waals surface area contributed by atoms with Gasteiger partial charge in [-0.25, -0.2) is 4.39 Å². The van der Waals surface area contributed by atoms with Gasteiger partial charge in [0.1, 0.15) is 5.82 Å². The van der Waals surface area contributed by atoms with Crippen LogP contribution in [-0.2, 0) is 0 Å². The summed E-state index contributed by atoms with van der Waals surface area (Å²) in [7, 11) is 0. The van der Waals surface area contributed by atoms with E-state index in [0.29, 0.717) is 0 Å². The summed E-state index contributed by atoms with van der Waals surface area (Å²) in [5.74, 6) is -0.948. The number of hydrogen-bond donors (Lipinski definition) is 2. The molecule has 1 fully saturated rings. The Morgan fingerprint density at radius 3 is 2.87 bits per heavy atom. The molecule has 1 aliphatic carbocycles. The van der Waals surface area contributed by atoms with Crippen LogP contribution in [0, 0.1) is 5.82 Å². The third kappa shape index (κ3) is 2.18.